The number of esters is 1. The summed E-state index contributed by atoms with van der Waals surface area (Å²) in [7, 11) is 1.40. The van der Waals surface area contributed by atoms with Crippen LogP contribution in [0.15, 0.2) is 54.6 Å². The van der Waals surface area contributed by atoms with E-state index < -0.39 is 11.6 Å². The molecule has 4 aromatic rings. The van der Waals surface area contributed by atoms with E-state index in [9.17, 15) is 9.18 Å². The molecule has 0 bridgehead atoms. The average Bonchev–Trinajstić information content (AvgIpc) is 3.51. The lowest BCUT2D eigenvalue weighted by Gasteiger charge is -2.54. The summed E-state index contributed by atoms with van der Waals surface area (Å²) in [5, 5.41) is 0.322. The number of ether oxygens (including phenoxy) is 4. The number of rotatable bonds is 7. The molecule has 9 nitrogen and oxygen atoms in total. The van der Waals surface area contributed by atoms with Crippen molar-refractivity contribution in [3.63, 3.8) is 0 Å². The zero-order valence-corrected chi connectivity index (χ0v) is 25.9. The number of aromatic nitrogens is 2. The van der Waals surface area contributed by atoms with Crippen LogP contribution in [0.2, 0.25) is 5.02 Å². The molecular weight excluding hydrogens is 599 g/mol. The van der Waals surface area contributed by atoms with Gasteiger partial charge in [-0.15, -0.1) is 0 Å². The van der Waals surface area contributed by atoms with Gasteiger partial charge >= 0.3 is 5.97 Å². The molecule has 4 aliphatic rings. The summed E-state index contributed by atoms with van der Waals surface area (Å²) in [6.07, 6.45) is 3.30. The van der Waals surface area contributed by atoms with Gasteiger partial charge in [-0.2, -0.15) is 0 Å². The maximum atomic E-state index is 14.9. The molecule has 4 atom stereocenters. The van der Waals surface area contributed by atoms with Crippen molar-refractivity contribution in [1.82, 2.24) is 14.5 Å². The summed E-state index contributed by atoms with van der Waals surface area (Å²) in [5.74, 6) is 0.0754. The van der Waals surface area contributed by atoms with Crippen molar-refractivity contribution in [3.8, 4) is 11.5 Å². The second-order valence-electron chi connectivity index (χ2n) is 12.4. The molecule has 1 saturated carbocycles. The molecule has 0 unspecified atom stereocenters. The number of anilines is 1. The van der Waals surface area contributed by atoms with Gasteiger partial charge in [0.15, 0.2) is 11.5 Å². The van der Waals surface area contributed by atoms with Crippen LogP contribution in [0.1, 0.15) is 47.9 Å². The Morgan fingerprint density at radius 1 is 1.09 bits per heavy atom. The minimum atomic E-state index is -1.30. The van der Waals surface area contributed by atoms with Crippen LogP contribution in [-0.4, -0.2) is 65.4 Å². The van der Waals surface area contributed by atoms with Gasteiger partial charge in [0.1, 0.15) is 11.6 Å². The lowest BCUT2D eigenvalue weighted by Crippen LogP contribution is -2.64. The largest absolute Gasteiger partial charge is 0.465 e. The molecule has 1 aliphatic carbocycles. The predicted octanol–water partition coefficient (Wildman–Crippen LogP) is 5.90. The summed E-state index contributed by atoms with van der Waals surface area (Å²) in [6, 6.07) is 16.6. The summed E-state index contributed by atoms with van der Waals surface area (Å²) in [6.45, 7) is 5.55. The molecule has 4 heterocycles. The molecule has 234 valence electrons. The number of fused-ring (bicyclic) bond motifs is 3. The fourth-order valence-electron chi connectivity index (χ4n) is 7.18. The van der Waals surface area contributed by atoms with Crippen LogP contribution in [0.5, 0.6) is 11.5 Å². The molecule has 3 aromatic carbocycles. The van der Waals surface area contributed by atoms with Gasteiger partial charge in [0.25, 0.3) is 5.79 Å². The van der Waals surface area contributed by atoms with Crippen LogP contribution in [0.25, 0.3) is 11.0 Å². The van der Waals surface area contributed by atoms with E-state index in [1.807, 2.05) is 24.3 Å². The highest BCUT2D eigenvalue weighted by molar-refractivity contribution is 6.30. The van der Waals surface area contributed by atoms with Crippen LogP contribution in [-0.2, 0) is 28.4 Å². The monoisotopic (exact) mass is 632 g/mol. The number of carbonyl (C=O) groups is 1. The van der Waals surface area contributed by atoms with Gasteiger partial charge in [-0.3, -0.25) is 4.90 Å². The third kappa shape index (κ3) is 4.81. The second kappa shape index (κ2) is 10.9. The first-order valence-electron chi connectivity index (χ1n) is 15.5. The quantitative estimate of drug-likeness (QED) is 0.233. The van der Waals surface area contributed by atoms with E-state index in [-0.39, 0.29) is 12.1 Å². The molecule has 1 aromatic heterocycles. The van der Waals surface area contributed by atoms with Crippen LogP contribution < -0.4 is 14.4 Å². The number of hydrogen-bond donors (Lipinski definition) is 0. The first-order chi connectivity index (χ1) is 21.8. The number of halogens is 2. The standard InChI is InChI=1S/C34H34ClFN4O5/c1-34(23-8-7-21(35)17-24(23)36)44-30-5-3-4-28(32(30)45-34)39-14-13-38(26-10-11-27(26)39)19-31-37-25-9-6-20(33(41)42-2)16-29(25)40(31)18-22-12-15-43-22/h3-9,16-17,22,26-27H,10-15,18-19H2,1-2H3/t22-,26+,27+,34+/m0/s1. The molecule has 3 aliphatic heterocycles. The number of imidazole rings is 1. The molecule has 0 N–H and O–H groups in total. The third-order valence-corrected chi connectivity index (χ3v) is 10.00. The number of nitrogens with zero attached hydrogens (tertiary/aromatic N) is 4. The van der Waals surface area contributed by atoms with Crippen LogP contribution in [0, 0.1) is 5.82 Å². The molecule has 0 spiro atoms. The van der Waals surface area contributed by atoms with Crippen molar-refractivity contribution in [2.24, 2.45) is 0 Å². The normalized spacial score (nSPS) is 25.5. The van der Waals surface area contributed by atoms with Crippen LogP contribution in [0.4, 0.5) is 10.1 Å². The Balaban J connectivity index is 1.05. The Morgan fingerprint density at radius 2 is 1.93 bits per heavy atom. The van der Waals surface area contributed by atoms with Crippen molar-refractivity contribution in [2.75, 3.05) is 31.7 Å². The lowest BCUT2D eigenvalue weighted by molar-refractivity contribution is -0.0706. The molecular formula is C34H34ClFN4O5. The topological polar surface area (TPSA) is 78.3 Å². The molecule has 45 heavy (non-hydrogen) atoms. The van der Waals surface area contributed by atoms with Crippen LogP contribution >= 0.6 is 11.6 Å². The minimum absolute atomic E-state index is 0.144. The highest BCUT2D eigenvalue weighted by Crippen LogP contribution is 2.51. The van der Waals surface area contributed by atoms with Gasteiger partial charge in [0, 0.05) is 43.7 Å². The fourth-order valence-corrected chi connectivity index (χ4v) is 7.34. The number of carbonyl (C=O) groups excluding carboxylic acids is 1. The first kappa shape index (κ1) is 28.6. The van der Waals surface area contributed by atoms with Gasteiger partial charge in [-0.05, 0) is 67.8 Å². The number of piperazine rings is 1. The van der Waals surface area contributed by atoms with Crippen molar-refractivity contribution in [1.29, 1.82) is 0 Å². The fraction of sp³-hybridized carbons (Fsp3) is 0.412. The Kier molecular flexibility index (Phi) is 6.92. The molecule has 0 radical (unpaired) electrons. The number of para-hydroxylation sites is 1. The summed E-state index contributed by atoms with van der Waals surface area (Å²) < 4.78 is 40.6. The zero-order valence-electron chi connectivity index (χ0n) is 25.2. The molecule has 0 amide bonds. The van der Waals surface area contributed by atoms with Crippen molar-refractivity contribution in [2.45, 2.75) is 63.3 Å². The van der Waals surface area contributed by atoms with E-state index in [1.54, 1.807) is 25.1 Å². The minimum Gasteiger partial charge on any atom is -0.465 e. The van der Waals surface area contributed by atoms with E-state index in [0.717, 1.165) is 61.5 Å². The van der Waals surface area contributed by atoms with Gasteiger partial charge in [-0.1, -0.05) is 17.7 Å². The van der Waals surface area contributed by atoms with Crippen molar-refractivity contribution >= 4 is 34.3 Å². The second-order valence-corrected chi connectivity index (χ2v) is 12.8. The van der Waals surface area contributed by atoms with E-state index in [0.29, 0.717) is 52.8 Å². The predicted molar refractivity (Wildman–Crippen MR) is 166 cm³/mol. The SMILES string of the molecule is COC(=O)c1ccc2nc(CN3CCN(c4cccc5c4O[C@](C)(c4ccc(Cl)cc4F)O5)[C@@H]4CC[C@H]43)n(C[C@@H]3CCO3)c2c1. The number of methoxy groups -OCH3 is 1. The first-order valence-corrected chi connectivity index (χ1v) is 15.9. The number of benzene rings is 3. The maximum absolute atomic E-state index is 14.9. The lowest BCUT2D eigenvalue weighted by atomic mass is 9.81. The Labute approximate surface area is 265 Å². The number of hydrogen-bond acceptors (Lipinski definition) is 8. The smallest absolute Gasteiger partial charge is 0.337 e. The van der Waals surface area contributed by atoms with Crippen LogP contribution in [0.3, 0.4) is 0 Å². The van der Waals surface area contributed by atoms with E-state index in [1.165, 1.54) is 13.2 Å². The van der Waals surface area contributed by atoms with E-state index in [2.05, 4.69) is 20.4 Å². The summed E-state index contributed by atoms with van der Waals surface area (Å²) in [5.41, 5.74) is 3.55. The van der Waals surface area contributed by atoms with Gasteiger partial charge in [0.2, 0.25) is 0 Å². The van der Waals surface area contributed by atoms with E-state index >= 15 is 0 Å². The molecule has 11 heteroatoms. The Morgan fingerprint density at radius 3 is 2.67 bits per heavy atom. The van der Waals surface area contributed by atoms with Crippen molar-refractivity contribution < 1.29 is 28.1 Å². The van der Waals surface area contributed by atoms with E-state index in [4.69, 9.17) is 35.5 Å². The summed E-state index contributed by atoms with van der Waals surface area (Å²) in [4.78, 5) is 22.3. The average molecular weight is 633 g/mol. The Hall–Kier alpha value is -3.86. The highest BCUT2D eigenvalue weighted by Gasteiger charge is 2.47. The van der Waals surface area contributed by atoms with Gasteiger partial charge < -0.3 is 28.4 Å². The maximum Gasteiger partial charge on any atom is 0.337 e. The van der Waals surface area contributed by atoms with Gasteiger partial charge in [0.05, 0.1) is 54.2 Å². The Bertz CT molecular complexity index is 1810. The van der Waals surface area contributed by atoms with Crippen molar-refractivity contribution in [3.05, 3.63) is 82.4 Å². The molecule has 2 saturated heterocycles. The molecule has 3 fully saturated rings. The highest BCUT2D eigenvalue weighted by atomic mass is 35.5. The molecule has 8 rings (SSSR count). The summed E-state index contributed by atoms with van der Waals surface area (Å²) >= 11 is 6.01. The zero-order chi connectivity index (χ0) is 30.9. The van der Waals surface area contributed by atoms with Gasteiger partial charge in [-0.25, -0.2) is 14.2 Å². The third-order valence-electron chi connectivity index (χ3n) is 9.76.